The lowest BCUT2D eigenvalue weighted by Gasteiger charge is -2.11. The summed E-state index contributed by atoms with van der Waals surface area (Å²) in [5.74, 6) is -0.0819. The maximum Gasteiger partial charge on any atom is 0.320 e. The monoisotopic (exact) mass is 253 g/mol. The highest BCUT2D eigenvalue weighted by atomic mass is 79.9. The molecule has 2 N–H and O–H groups in total. The number of alkyl halides is 1. The molecule has 0 bridgehead atoms. The Labute approximate surface area is 86.8 Å². The molecule has 0 saturated carbocycles. The van der Waals surface area contributed by atoms with Crippen LogP contribution in [0.3, 0.4) is 0 Å². The normalized spacial score (nSPS) is 15.1. The number of esters is 1. The summed E-state index contributed by atoms with van der Waals surface area (Å²) >= 11 is 3.18. The average Bonchev–Trinajstić information content (AvgIpc) is 2.15. The van der Waals surface area contributed by atoms with Crippen molar-refractivity contribution in [2.75, 3.05) is 26.8 Å². The molecule has 0 saturated heterocycles. The molecule has 0 rings (SSSR count). The predicted molar refractivity (Wildman–Crippen MR) is 53.9 cm³/mol. The van der Waals surface area contributed by atoms with Crippen LogP contribution in [0.25, 0.3) is 0 Å². The molecule has 0 amide bonds. The largest absolute Gasteiger partial charge is 0.468 e. The minimum Gasteiger partial charge on any atom is -0.468 e. The number of nitrogens with one attached hydrogen (secondary N) is 1. The molecule has 0 fully saturated rings. The van der Waals surface area contributed by atoms with Crippen molar-refractivity contribution in [3.63, 3.8) is 0 Å². The molecule has 0 aliphatic heterocycles. The van der Waals surface area contributed by atoms with Gasteiger partial charge in [-0.1, -0.05) is 22.9 Å². The van der Waals surface area contributed by atoms with Crippen LogP contribution in [-0.2, 0) is 9.53 Å². The Bertz CT molecular complexity index is 154. The number of rotatable bonds is 6. The molecule has 0 aromatic heterocycles. The molecule has 0 aliphatic rings. The Hall–Kier alpha value is -0.130. The van der Waals surface area contributed by atoms with E-state index in [9.17, 15) is 4.79 Å². The molecular weight excluding hydrogens is 238 g/mol. The number of methoxy groups -OCH3 is 1. The molecule has 0 spiro atoms. The minimum atomic E-state index is -0.316. The van der Waals surface area contributed by atoms with E-state index in [1.165, 1.54) is 7.11 Å². The first kappa shape index (κ1) is 12.9. The van der Waals surface area contributed by atoms with E-state index in [2.05, 4.69) is 26.0 Å². The van der Waals surface area contributed by atoms with Crippen LogP contribution >= 0.6 is 15.9 Å². The molecule has 4 nitrogen and oxygen atoms in total. The first-order valence-corrected chi connectivity index (χ1v) is 5.06. The van der Waals surface area contributed by atoms with Crippen molar-refractivity contribution in [1.82, 2.24) is 5.32 Å². The van der Waals surface area contributed by atoms with Crippen LogP contribution in [0.2, 0.25) is 0 Å². The molecule has 0 aromatic rings. The van der Waals surface area contributed by atoms with E-state index in [0.717, 1.165) is 0 Å². The van der Waals surface area contributed by atoms with Crippen LogP contribution in [0, 0.1) is 5.92 Å². The van der Waals surface area contributed by atoms with E-state index in [1.807, 2.05) is 6.92 Å². The van der Waals surface area contributed by atoms with Crippen molar-refractivity contribution in [3.8, 4) is 0 Å². The number of halogens is 1. The summed E-state index contributed by atoms with van der Waals surface area (Å²) in [6.45, 7) is 3.28. The number of aliphatic hydroxyl groups excluding tert-OH is 1. The summed E-state index contributed by atoms with van der Waals surface area (Å²) in [4.78, 5) is 10.6. The topological polar surface area (TPSA) is 58.6 Å². The van der Waals surface area contributed by atoms with Crippen molar-refractivity contribution in [2.24, 2.45) is 5.92 Å². The van der Waals surface area contributed by atoms with Gasteiger partial charge in [0.05, 0.1) is 7.11 Å². The van der Waals surface area contributed by atoms with E-state index >= 15 is 0 Å². The number of hydrogen-bond donors (Lipinski definition) is 2. The van der Waals surface area contributed by atoms with Gasteiger partial charge in [0.1, 0.15) is 4.83 Å². The first-order chi connectivity index (χ1) is 6.11. The van der Waals surface area contributed by atoms with Crippen molar-refractivity contribution < 1.29 is 14.6 Å². The zero-order chi connectivity index (χ0) is 10.3. The lowest BCUT2D eigenvalue weighted by atomic mass is 10.2. The van der Waals surface area contributed by atoms with Gasteiger partial charge in [0.25, 0.3) is 0 Å². The third-order valence-electron chi connectivity index (χ3n) is 1.58. The zero-order valence-corrected chi connectivity index (χ0v) is 9.50. The van der Waals surface area contributed by atoms with Gasteiger partial charge in [-0.25, -0.2) is 0 Å². The summed E-state index contributed by atoms with van der Waals surface area (Å²) < 4.78 is 4.52. The minimum absolute atomic E-state index is 0.151. The fourth-order valence-electron chi connectivity index (χ4n) is 0.732. The van der Waals surface area contributed by atoms with Gasteiger partial charge in [0, 0.05) is 13.2 Å². The van der Waals surface area contributed by atoms with E-state index in [1.54, 1.807) is 0 Å². The molecule has 2 unspecified atom stereocenters. The third kappa shape index (κ3) is 6.01. The summed E-state index contributed by atoms with van der Waals surface area (Å²) in [5, 5.41) is 11.8. The number of hydrogen-bond acceptors (Lipinski definition) is 4. The van der Waals surface area contributed by atoms with Crippen molar-refractivity contribution in [2.45, 2.75) is 11.8 Å². The lowest BCUT2D eigenvalue weighted by Crippen LogP contribution is -2.33. The summed E-state index contributed by atoms with van der Waals surface area (Å²) in [7, 11) is 1.35. The molecule has 78 valence electrons. The predicted octanol–water partition coefficient (Wildman–Crippen LogP) is 0.141. The fraction of sp³-hybridized carbons (Fsp3) is 0.875. The van der Waals surface area contributed by atoms with Gasteiger partial charge >= 0.3 is 5.97 Å². The van der Waals surface area contributed by atoms with Gasteiger partial charge in [-0.15, -0.1) is 0 Å². The number of ether oxygens (including phenoxy) is 1. The quantitative estimate of drug-likeness (QED) is 0.523. The Morgan fingerprint density at radius 3 is 2.69 bits per heavy atom. The molecule has 2 atom stereocenters. The fourth-order valence-corrected chi connectivity index (χ4v) is 1.15. The van der Waals surface area contributed by atoms with Crippen LogP contribution in [-0.4, -0.2) is 42.7 Å². The number of carbonyl (C=O) groups excluding carboxylic acids is 1. The van der Waals surface area contributed by atoms with E-state index < -0.39 is 0 Å². The van der Waals surface area contributed by atoms with Crippen molar-refractivity contribution >= 4 is 21.9 Å². The highest BCUT2D eigenvalue weighted by Gasteiger charge is 2.14. The molecule has 5 heteroatoms. The van der Waals surface area contributed by atoms with Crippen LogP contribution in [0.5, 0.6) is 0 Å². The standard InChI is InChI=1S/C8H16BrNO3/c1-6(5-11)3-10-4-7(9)8(12)13-2/h6-7,10-11H,3-5H2,1-2H3. The van der Waals surface area contributed by atoms with Gasteiger partial charge in [-0.05, 0) is 12.5 Å². The molecule has 0 aromatic carbocycles. The Morgan fingerprint density at radius 2 is 2.23 bits per heavy atom. The van der Waals surface area contributed by atoms with Gasteiger partial charge < -0.3 is 15.2 Å². The lowest BCUT2D eigenvalue weighted by molar-refractivity contribution is -0.139. The second kappa shape index (κ2) is 7.29. The Balaban J connectivity index is 3.47. The smallest absolute Gasteiger partial charge is 0.320 e. The zero-order valence-electron chi connectivity index (χ0n) is 7.92. The molecule has 0 heterocycles. The van der Waals surface area contributed by atoms with E-state index in [0.29, 0.717) is 13.1 Å². The highest BCUT2D eigenvalue weighted by Crippen LogP contribution is 2.00. The molecule has 13 heavy (non-hydrogen) atoms. The highest BCUT2D eigenvalue weighted by molar-refractivity contribution is 9.10. The van der Waals surface area contributed by atoms with Crippen LogP contribution in [0.15, 0.2) is 0 Å². The number of carbonyl (C=O) groups is 1. The van der Waals surface area contributed by atoms with Crippen LogP contribution in [0.4, 0.5) is 0 Å². The summed E-state index contributed by atoms with van der Waals surface area (Å²) in [6, 6.07) is 0. The third-order valence-corrected chi connectivity index (χ3v) is 2.28. The van der Waals surface area contributed by atoms with E-state index in [-0.39, 0.29) is 23.3 Å². The summed E-state index contributed by atoms with van der Waals surface area (Å²) in [6.07, 6.45) is 0. The summed E-state index contributed by atoms with van der Waals surface area (Å²) in [5.41, 5.74) is 0. The van der Waals surface area contributed by atoms with E-state index in [4.69, 9.17) is 5.11 Å². The molecule has 0 radical (unpaired) electrons. The van der Waals surface area contributed by atoms with Crippen LogP contribution < -0.4 is 5.32 Å². The molecule has 0 aliphatic carbocycles. The van der Waals surface area contributed by atoms with Gasteiger partial charge in [0.15, 0.2) is 0 Å². The van der Waals surface area contributed by atoms with Gasteiger partial charge in [0.2, 0.25) is 0 Å². The second-order valence-electron chi connectivity index (χ2n) is 2.94. The van der Waals surface area contributed by atoms with Crippen molar-refractivity contribution in [1.29, 1.82) is 0 Å². The van der Waals surface area contributed by atoms with Gasteiger partial charge in [-0.2, -0.15) is 0 Å². The molecular formula is C8H16BrNO3. The average molecular weight is 254 g/mol. The first-order valence-electron chi connectivity index (χ1n) is 4.15. The Kier molecular flexibility index (Phi) is 7.22. The SMILES string of the molecule is COC(=O)C(Br)CNCC(C)CO. The second-order valence-corrected chi connectivity index (χ2v) is 4.04. The maximum absolute atomic E-state index is 10.9. The van der Waals surface area contributed by atoms with Crippen LogP contribution in [0.1, 0.15) is 6.92 Å². The van der Waals surface area contributed by atoms with Gasteiger partial charge in [-0.3, -0.25) is 4.79 Å². The number of aliphatic hydroxyl groups is 1. The maximum atomic E-state index is 10.9. The van der Waals surface area contributed by atoms with Crippen molar-refractivity contribution in [3.05, 3.63) is 0 Å². The Morgan fingerprint density at radius 1 is 1.62 bits per heavy atom.